The molecule has 9 nitrogen and oxygen atoms in total. The van der Waals surface area contributed by atoms with E-state index in [2.05, 4.69) is 10.2 Å². The van der Waals surface area contributed by atoms with Gasteiger partial charge in [0, 0.05) is 32.3 Å². The predicted molar refractivity (Wildman–Crippen MR) is 110 cm³/mol. The summed E-state index contributed by atoms with van der Waals surface area (Å²) in [4.78, 5) is 14.6. The molecular weight excluding hydrogens is 408 g/mol. The second-order valence-corrected chi connectivity index (χ2v) is 9.17. The van der Waals surface area contributed by atoms with Crippen LogP contribution in [0.3, 0.4) is 0 Å². The molecule has 0 spiro atoms. The van der Waals surface area contributed by atoms with E-state index < -0.39 is 10.0 Å². The van der Waals surface area contributed by atoms with Crippen molar-refractivity contribution in [1.29, 1.82) is 0 Å². The smallest absolute Gasteiger partial charge is 0.246 e. The highest BCUT2D eigenvalue weighted by atomic mass is 32.2. The molecule has 10 heteroatoms. The lowest BCUT2D eigenvalue weighted by molar-refractivity contribution is -0.125. The van der Waals surface area contributed by atoms with Crippen LogP contribution in [0.2, 0.25) is 0 Å². The third-order valence-electron chi connectivity index (χ3n) is 5.24. The summed E-state index contributed by atoms with van der Waals surface area (Å²) in [6.07, 6.45) is 3.80. The Morgan fingerprint density at radius 2 is 1.93 bits per heavy atom. The third kappa shape index (κ3) is 3.92. The summed E-state index contributed by atoms with van der Waals surface area (Å²) in [5.74, 6) is 1.20. The molecule has 160 valence electrons. The number of aromatic nitrogens is 2. The molecule has 0 unspecified atom stereocenters. The van der Waals surface area contributed by atoms with Crippen LogP contribution in [0.15, 0.2) is 29.2 Å². The molecule has 1 amide bonds. The number of fused-ring (bicyclic) bond motifs is 1. The molecule has 0 saturated carbocycles. The minimum Gasteiger partial charge on any atom is -0.454 e. The standard InChI is InChI=1S/C20H24N4O5S/c1-14-20(15(2)22-21-14)30(26,27)24-9-3-8-23(10-11-24)19(25)7-5-16-4-6-17-18(12-16)29-13-28-17/h4-7,12H,3,8-11,13H2,1-2H3,(H,21,22)/b7-5+. The summed E-state index contributed by atoms with van der Waals surface area (Å²) in [6.45, 7) is 5.01. The van der Waals surface area contributed by atoms with Gasteiger partial charge in [0.25, 0.3) is 0 Å². The number of nitrogens with one attached hydrogen (secondary N) is 1. The van der Waals surface area contributed by atoms with Gasteiger partial charge in [-0.2, -0.15) is 9.40 Å². The highest BCUT2D eigenvalue weighted by Gasteiger charge is 2.31. The van der Waals surface area contributed by atoms with Gasteiger partial charge in [-0.05, 0) is 44.0 Å². The van der Waals surface area contributed by atoms with Crippen LogP contribution in [0.4, 0.5) is 0 Å². The summed E-state index contributed by atoms with van der Waals surface area (Å²) >= 11 is 0. The first-order valence-corrected chi connectivity index (χ1v) is 11.2. The molecule has 4 rings (SSSR count). The van der Waals surface area contributed by atoms with Gasteiger partial charge in [-0.1, -0.05) is 6.07 Å². The summed E-state index contributed by atoms with van der Waals surface area (Å²) in [7, 11) is -3.66. The zero-order chi connectivity index (χ0) is 21.3. The zero-order valence-corrected chi connectivity index (χ0v) is 17.7. The van der Waals surface area contributed by atoms with Crippen molar-refractivity contribution in [3.8, 4) is 11.5 Å². The van der Waals surface area contributed by atoms with Crippen LogP contribution >= 0.6 is 0 Å². The van der Waals surface area contributed by atoms with E-state index in [0.717, 1.165) is 5.56 Å². The van der Waals surface area contributed by atoms with Gasteiger partial charge in [0.2, 0.25) is 22.7 Å². The Balaban J connectivity index is 1.42. The number of aryl methyl sites for hydroxylation is 2. The Kier molecular flexibility index (Phi) is 5.52. The molecule has 0 radical (unpaired) electrons. The van der Waals surface area contributed by atoms with Crippen LogP contribution in [-0.2, 0) is 14.8 Å². The van der Waals surface area contributed by atoms with Gasteiger partial charge in [-0.25, -0.2) is 8.42 Å². The van der Waals surface area contributed by atoms with Crippen LogP contribution in [-0.4, -0.2) is 66.7 Å². The van der Waals surface area contributed by atoms with Gasteiger partial charge in [0.15, 0.2) is 11.5 Å². The maximum atomic E-state index is 13.0. The summed E-state index contributed by atoms with van der Waals surface area (Å²) in [5, 5.41) is 6.72. The Hall–Kier alpha value is -2.85. The van der Waals surface area contributed by atoms with E-state index in [1.807, 2.05) is 12.1 Å². The molecule has 1 saturated heterocycles. The quantitative estimate of drug-likeness (QED) is 0.738. The minimum atomic E-state index is -3.66. The topological polar surface area (TPSA) is 105 Å². The lowest BCUT2D eigenvalue weighted by Gasteiger charge is -2.21. The number of benzene rings is 1. The number of rotatable bonds is 4. The lowest BCUT2D eigenvalue weighted by Crippen LogP contribution is -2.37. The molecule has 30 heavy (non-hydrogen) atoms. The molecule has 1 aromatic carbocycles. The molecule has 2 aliphatic heterocycles. The van der Waals surface area contributed by atoms with Crippen LogP contribution in [0.25, 0.3) is 6.08 Å². The fourth-order valence-electron chi connectivity index (χ4n) is 3.69. The number of hydrogen-bond acceptors (Lipinski definition) is 6. The minimum absolute atomic E-state index is 0.150. The molecule has 1 N–H and O–H groups in total. The van der Waals surface area contributed by atoms with E-state index in [9.17, 15) is 13.2 Å². The van der Waals surface area contributed by atoms with Crippen molar-refractivity contribution in [2.24, 2.45) is 0 Å². The third-order valence-corrected chi connectivity index (χ3v) is 7.40. The number of aromatic amines is 1. The molecule has 2 aliphatic rings. The largest absolute Gasteiger partial charge is 0.454 e. The molecule has 3 heterocycles. The molecule has 0 aliphatic carbocycles. The van der Waals surface area contributed by atoms with Crippen molar-refractivity contribution in [1.82, 2.24) is 19.4 Å². The number of ether oxygens (including phenoxy) is 2. The van der Waals surface area contributed by atoms with E-state index >= 15 is 0 Å². The highest BCUT2D eigenvalue weighted by molar-refractivity contribution is 7.89. The van der Waals surface area contributed by atoms with Crippen molar-refractivity contribution < 1.29 is 22.7 Å². The molecular formula is C20H24N4O5S. The predicted octanol–water partition coefficient (Wildman–Crippen LogP) is 1.69. The van der Waals surface area contributed by atoms with E-state index in [4.69, 9.17) is 9.47 Å². The van der Waals surface area contributed by atoms with Gasteiger partial charge in [0.05, 0.1) is 11.4 Å². The van der Waals surface area contributed by atoms with Gasteiger partial charge in [-0.3, -0.25) is 9.89 Å². The maximum absolute atomic E-state index is 13.0. The average molecular weight is 433 g/mol. The lowest BCUT2D eigenvalue weighted by atomic mass is 10.2. The maximum Gasteiger partial charge on any atom is 0.246 e. The summed E-state index contributed by atoms with van der Waals surface area (Å²) in [6, 6.07) is 5.48. The van der Waals surface area contributed by atoms with E-state index in [-0.39, 0.29) is 24.1 Å². The second-order valence-electron chi connectivity index (χ2n) is 7.29. The summed E-state index contributed by atoms with van der Waals surface area (Å²) in [5.41, 5.74) is 1.81. The van der Waals surface area contributed by atoms with Crippen molar-refractivity contribution in [2.45, 2.75) is 25.2 Å². The molecule has 1 fully saturated rings. The highest BCUT2D eigenvalue weighted by Crippen LogP contribution is 2.32. The Morgan fingerprint density at radius 3 is 2.70 bits per heavy atom. The van der Waals surface area contributed by atoms with Crippen LogP contribution in [0.1, 0.15) is 23.4 Å². The fourth-order valence-corrected chi connectivity index (χ4v) is 5.50. The average Bonchev–Trinajstić information content (AvgIpc) is 3.22. The van der Waals surface area contributed by atoms with Crippen molar-refractivity contribution in [3.63, 3.8) is 0 Å². The van der Waals surface area contributed by atoms with Crippen molar-refractivity contribution in [2.75, 3.05) is 33.0 Å². The second kappa shape index (κ2) is 8.11. The number of nitrogens with zero attached hydrogens (tertiary/aromatic N) is 3. The Labute approximate surface area is 175 Å². The van der Waals surface area contributed by atoms with Crippen LogP contribution < -0.4 is 9.47 Å². The monoisotopic (exact) mass is 432 g/mol. The van der Waals surface area contributed by atoms with Gasteiger partial charge in [0.1, 0.15) is 4.90 Å². The number of H-pyrrole nitrogens is 1. The van der Waals surface area contributed by atoms with E-state index in [0.29, 0.717) is 48.9 Å². The number of hydrogen-bond donors (Lipinski definition) is 1. The number of carbonyl (C=O) groups is 1. The Morgan fingerprint density at radius 1 is 1.13 bits per heavy atom. The number of sulfonamides is 1. The SMILES string of the molecule is Cc1n[nH]c(C)c1S(=O)(=O)N1CCCN(C(=O)/C=C/c2ccc3c(c2)OCO3)CC1. The van der Waals surface area contributed by atoms with Gasteiger partial charge < -0.3 is 14.4 Å². The first kappa shape index (κ1) is 20.4. The van der Waals surface area contributed by atoms with Crippen molar-refractivity contribution in [3.05, 3.63) is 41.2 Å². The number of amides is 1. The zero-order valence-electron chi connectivity index (χ0n) is 16.9. The molecule has 0 bridgehead atoms. The Bertz CT molecular complexity index is 1070. The molecule has 2 aromatic rings. The molecule has 0 atom stereocenters. The van der Waals surface area contributed by atoms with E-state index in [1.165, 1.54) is 10.4 Å². The van der Waals surface area contributed by atoms with Crippen molar-refractivity contribution >= 4 is 22.0 Å². The van der Waals surface area contributed by atoms with E-state index in [1.54, 1.807) is 30.9 Å². The fraction of sp³-hybridized carbons (Fsp3) is 0.400. The van der Waals surface area contributed by atoms with Crippen LogP contribution in [0, 0.1) is 13.8 Å². The van der Waals surface area contributed by atoms with Gasteiger partial charge in [-0.15, -0.1) is 0 Å². The normalized spacial score (nSPS) is 17.5. The first-order valence-electron chi connectivity index (χ1n) is 9.74. The summed E-state index contributed by atoms with van der Waals surface area (Å²) < 4.78 is 38.2. The first-order chi connectivity index (χ1) is 14.4. The number of carbonyl (C=O) groups excluding carboxylic acids is 1. The van der Waals surface area contributed by atoms with Gasteiger partial charge >= 0.3 is 0 Å². The molecule has 1 aromatic heterocycles. The van der Waals surface area contributed by atoms with Crippen LogP contribution in [0.5, 0.6) is 11.5 Å².